The summed E-state index contributed by atoms with van der Waals surface area (Å²) >= 11 is 6.03. The van der Waals surface area contributed by atoms with Gasteiger partial charge in [-0.3, -0.25) is 28.8 Å². The number of rotatable bonds is 4. The molecule has 6 aromatic carbocycles. The van der Waals surface area contributed by atoms with Gasteiger partial charge in [0.1, 0.15) is 21.4 Å². The Morgan fingerprint density at radius 3 is 0.882 bits per heavy atom. The number of aromatic nitrogens is 4. The van der Waals surface area contributed by atoms with Crippen molar-refractivity contribution >= 4 is 209 Å². The van der Waals surface area contributed by atoms with Crippen molar-refractivity contribution in [2.24, 2.45) is 38.2 Å². The molecule has 544 valence electrons. The van der Waals surface area contributed by atoms with Gasteiger partial charge >= 0.3 is 12.4 Å². The first-order valence-corrected chi connectivity index (χ1v) is 37.2. The van der Waals surface area contributed by atoms with Gasteiger partial charge in [-0.2, -0.15) is 26.3 Å². The first-order valence-electron chi connectivity index (χ1n) is 33.9. The Balaban J connectivity index is 0.000000167. The minimum absolute atomic E-state index is 0.0952. The van der Waals surface area contributed by atoms with E-state index in [1.54, 1.807) is 132 Å². The van der Waals surface area contributed by atoms with E-state index in [1.807, 2.05) is 92.3 Å². The lowest BCUT2D eigenvalue weighted by atomic mass is 10.1. The molecule has 4 aliphatic rings. The third-order valence-corrected chi connectivity index (χ3v) is 22.8. The molecule has 14 aromatic rings. The van der Waals surface area contributed by atoms with Crippen LogP contribution in [0.25, 0.3) is 117 Å². The van der Waals surface area contributed by atoms with Gasteiger partial charge in [0, 0.05) is 118 Å². The van der Waals surface area contributed by atoms with E-state index < -0.39 is 12.4 Å². The number of fused-ring (bicyclic) bond motifs is 16. The van der Waals surface area contributed by atoms with Crippen LogP contribution in [0.4, 0.5) is 36.3 Å². The van der Waals surface area contributed by atoms with Crippen LogP contribution in [-0.4, -0.2) is 76.7 Å². The maximum absolute atomic E-state index is 13.5. The number of Topliss-reactive ketones (excluding diaryl/α,β-unsaturated/α-hetero) is 6. The maximum Gasteiger partial charge on any atom is 0.386 e. The van der Waals surface area contributed by atoms with Crippen LogP contribution >= 0.6 is 45.3 Å². The summed E-state index contributed by atoms with van der Waals surface area (Å²) in [6, 6.07) is 48.3. The van der Waals surface area contributed by atoms with Crippen molar-refractivity contribution in [3.63, 3.8) is 0 Å². The van der Waals surface area contributed by atoms with E-state index in [9.17, 15) is 65.6 Å². The van der Waals surface area contributed by atoms with E-state index >= 15 is 0 Å². The van der Waals surface area contributed by atoms with Crippen molar-refractivity contribution < 1.29 is 55.1 Å². The summed E-state index contributed by atoms with van der Waals surface area (Å²) in [4.78, 5) is 96.8. The van der Waals surface area contributed by atoms with Crippen LogP contribution in [0.5, 0.6) is 0 Å². The molecule has 0 saturated heterocycles. The third kappa shape index (κ3) is 13.0. The quantitative estimate of drug-likeness (QED) is 0.0544. The lowest BCUT2D eigenvalue weighted by molar-refractivity contribution is -0.111. The highest BCUT2D eigenvalue weighted by molar-refractivity contribution is 7.24. The molecule has 26 heteroatoms. The zero-order valence-corrected chi connectivity index (χ0v) is 63.1. The van der Waals surface area contributed by atoms with E-state index in [0.29, 0.717) is 54.5 Å². The Hall–Kier alpha value is -12.8. The number of nitriles is 2. The highest BCUT2D eigenvalue weighted by atomic mass is 32.1. The van der Waals surface area contributed by atoms with Crippen LogP contribution in [0.3, 0.4) is 0 Å². The minimum Gasteiger partial charge on any atom is -0.343 e. The molecule has 0 saturated carbocycles. The second-order valence-corrected chi connectivity index (χ2v) is 29.2. The number of halogens is 6. The molecule has 8 heterocycles. The predicted octanol–water partition coefficient (Wildman–Crippen LogP) is 22.6. The molecule has 0 unspecified atom stereocenters. The fourth-order valence-corrected chi connectivity index (χ4v) is 18.4. The number of aryl methyl sites for hydroxylation is 4. The van der Waals surface area contributed by atoms with Crippen molar-refractivity contribution in [2.45, 2.75) is 53.9 Å². The number of carbonyl (C=O) groups excluding carboxylic acids is 6. The fourth-order valence-electron chi connectivity index (χ4n) is 13.9. The molecule has 0 bridgehead atoms. The van der Waals surface area contributed by atoms with Crippen molar-refractivity contribution in [1.29, 1.82) is 10.5 Å². The van der Waals surface area contributed by atoms with Gasteiger partial charge in [0.2, 0.25) is 11.6 Å². The van der Waals surface area contributed by atoms with Crippen LogP contribution in [0.2, 0.25) is 0 Å². The fraction of sp³-hybridized carbons (Fsp3) is 0.143. The van der Waals surface area contributed by atoms with Gasteiger partial charge in [0.15, 0.2) is 23.1 Å². The maximum atomic E-state index is 13.5. The number of carbonyl (C=O) groups is 6. The molecular formula is C84H56F6N10O6S4. The number of ketones is 6. The number of hydrogen-bond acceptors (Lipinski definition) is 14. The Bertz CT molecular complexity index is 6300. The summed E-state index contributed by atoms with van der Waals surface area (Å²) in [5, 5.41) is 24.8. The molecule has 0 aliphatic heterocycles. The molecule has 110 heavy (non-hydrogen) atoms. The van der Waals surface area contributed by atoms with Gasteiger partial charge < -0.3 is 18.3 Å². The molecule has 0 amide bonds. The zero-order chi connectivity index (χ0) is 79.0. The average molecular weight is 1540 g/mol. The number of hydrogen-bond donors (Lipinski definition) is 0. The van der Waals surface area contributed by atoms with Gasteiger partial charge in [-0.15, -0.1) is 45.3 Å². The van der Waals surface area contributed by atoms with E-state index in [1.165, 1.54) is 22.7 Å². The molecule has 0 N–H and O–H groups in total. The van der Waals surface area contributed by atoms with Gasteiger partial charge in [-0.05, 0) is 71.8 Å². The highest BCUT2D eigenvalue weighted by Gasteiger charge is 2.38. The Kier molecular flexibility index (Phi) is 19.9. The van der Waals surface area contributed by atoms with E-state index in [4.69, 9.17) is 23.1 Å². The summed E-state index contributed by atoms with van der Waals surface area (Å²) in [6.45, 7) is 23.5. The summed E-state index contributed by atoms with van der Waals surface area (Å²) in [7, 11) is 8.01. The van der Waals surface area contributed by atoms with E-state index in [-0.39, 0.29) is 93.7 Å². The van der Waals surface area contributed by atoms with Crippen LogP contribution in [0.1, 0.15) is 125 Å². The largest absolute Gasteiger partial charge is 0.386 e. The normalized spacial score (nSPS) is 15.2. The Labute approximate surface area is 638 Å². The molecule has 0 fully saturated rings. The molecule has 8 aromatic heterocycles. The van der Waals surface area contributed by atoms with E-state index in [0.717, 1.165) is 94.2 Å². The number of aliphatic imine (C=N–C) groups is 2. The molecule has 16 nitrogen and oxygen atoms in total. The summed E-state index contributed by atoms with van der Waals surface area (Å²) in [5.74, 6) is -1.52. The van der Waals surface area contributed by atoms with E-state index in [2.05, 4.69) is 52.2 Å². The Morgan fingerprint density at radius 2 is 0.627 bits per heavy atom. The Morgan fingerprint density at radius 1 is 0.391 bits per heavy atom. The molecule has 4 aliphatic carbocycles. The molecule has 0 atom stereocenters. The highest BCUT2D eigenvalue weighted by Crippen LogP contribution is 2.48. The van der Waals surface area contributed by atoms with Crippen molar-refractivity contribution in [2.75, 3.05) is 0 Å². The topological polar surface area (TPSA) is 203 Å². The monoisotopic (exact) mass is 1540 g/mol. The number of benzene rings is 6. The zero-order valence-electron chi connectivity index (χ0n) is 59.8. The van der Waals surface area contributed by atoms with Crippen LogP contribution < -0.4 is 0 Å². The predicted molar refractivity (Wildman–Crippen MR) is 427 cm³/mol. The van der Waals surface area contributed by atoms with Gasteiger partial charge in [0.25, 0.3) is 11.4 Å². The van der Waals surface area contributed by atoms with Crippen LogP contribution in [0, 0.1) is 35.8 Å². The molecule has 0 radical (unpaired) electrons. The SMILES string of the molecule is CC.CC.CC(F)(F)F.CC(F)(F)F.Cn1c2cc3c4sc(C=C5C(=O)c6ccccc6C5=O)cc4n(C)c3cc2c2sc(C=C3C(=O)c4ccccc4C3=O)cc21.[C-]#[N+]C(C#N)=C1C(=Nc2cc3c(s2)c2cc4c(cc2n3C)c2sc(N=C3C(=O)c5ccccc5/C3=C(/C#N)[N+]#[C-])cc2n4C)C(=O)c2ccccc21. The van der Waals surface area contributed by atoms with Crippen molar-refractivity contribution in [3.8, 4) is 12.1 Å². The molecular weight excluding hydrogens is 1490 g/mol. The third-order valence-electron chi connectivity index (χ3n) is 18.5. The summed E-state index contributed by atoms with van der Waals surface area (Å²) in [6.07, 6.45) is -4.54. The van der Waals surface area contributed by atoms with Gasteiger partial charge in [0.05, 0.1) is 99.4 Å². The van der Waals surface area contributed by atoms with Crippen LogP contribution in [0.15, 0.2) is 178 Å². The number of alkyl halides is 6. The summed E-state index contributed by atoms with van der Waals surface area (Å²) < 4.78 is 74.8. The lowest BCUT2D eigenvalue weighted by Gasteiger charge is -2.02. The van der Waals surface area contributed by atoms with Crippen LogP contribution in [-0.2, 0) is 28.2 Å². The first kappa shape index (κ1) is 75.4. The number of allylic oxidation sites excluding steroid dienone is 6. The standard InChI is InChI=1S/C40H18N8O2S2.C36H20N2O4S2.2C2H3F3.2C2H6/c1-43-25(17-41)33-19-9-5-7-11-21(19)37(49)35(33)45-31-15-29-39(51-31)23-13-28-24(14-27(23)47(29)3)40-30(48(28)4)16-32(52-40)46-36-34(26(18-42)44-2)20-10-6-8-12-22(20)38(36)50;1-37-27-15-24-28(38(2)30-14-18(44-36(24)30)12-26-33(41)21-9-5-6-10-22(21)34(26)42)16-23(27)35-29(37)13-17(43-35)11-25-31(39)19-7-3-4-8-20(19)32(25)40;2*1-2(3,4)5;2*1-2/h5-16H,3-4H3;3-16H,1-2H3;2*1H3;2*1-2H3/b33-25+,34-26?,45-35?,46-36?;;;;;. The van der Waals surface area contributed by atoms with Gasteiger partial charge in [-0.1, -0.05) is 125 Å². The molecule has 18 rings (SSSR count). The number of nitrogens with zero attached hydrogens (tertiary/aromatic N) is 10. The second-order valence-electron chi connectivity index (χ2n) is 25.0. The minimum atomic E-state index is -4.00. The van der Waals surface area contributed by atoms with Crippen molar-refractivity contribution in [3.05, 3.63) is 245 Å². The second kappa shape index (κ2) is 29.1. The first-order chi connectivity index (χ1) is 52.6. The molecule has 0 spiro atoms. The average Bonchev–Trinajstić information content (AvgIpc) is 1.56. The number of thiophene rings is 4. The van der Waals surface area contributed by atoms with Crippen molar-refractivity contribution in [1.82, 2.24) is 18.3 Å². The lowest BCUT2D eigenvalue weighted by Crippen LogP contribution is -2.07. The summed E-state index contributed by atoms with van der Waals surface area (Å²) in [5.41, 5.74) is 12.7. The smallest absolute Gasteiger partial charge is 0.343 e. The van der Waals surface area contributed by atoms with Gasteiger partial charge in [-0.25, -0.2) is 30.2 Å².